The van der Waals surface area contributed by atoms with Gasteiger partial charge in [-0.15, -0.1) is 11.6 Å². The summed E-state index contributed by atoms with van der Waals surface area (Å²) in [5.74, 6) is 0.927. The SMILES string of the molecule is CCCCN1CCN(c2cc(OC)ccc2C2=CC(C)(C)CC(C)(Cl)C2)CC1. The first kappa shape index (κ1) is 21.5. The van der Waals surface area contributed by atoms with Crippen molar-refractivity contribution in [3.63, 3.8) is 0 Å². The van der Waals surface area contributed by atoms with Gasteiger partial charge in [0.25, 0.3) is 0 Å². The van der Waals surface area contributed by atoms with Gasteiger partial charge in [-0.2, -0.15) is 0 Å². The number of alkyl halides is 1. The van der Waals surface area contributed by atoms with Crippen LogP contribution in [-0.4, -0.2) is 49.6 Å². The molecular formula is C24H37ClN2O. The minimum atomic E-state index is -0.191. The molecule has 0 bridgehead atoms. The summed E-state index contributed by atoms with van der Waals surface area (Å²) in [6.45, 7) is 14.7. The summed E-state index contributed by atoms with van der Waals surface area (Å²) in [6, 6.07) is 6.53. The molecule has 3 nitrogen and oxygen atoms in total. The zero-order valence-corrected chi connectivity index (χ0v) is 19.1. The van der Waals surface area contributed by atoms with Gasteiger partial charge in [0.15, 0.2) is 0 Å². The maximum Gasteiger partial charge on any atom is 0.120 e. The van der Waals surface area contributed by atoms with Crippen LogP contribution < -0.4 is 9.64 Å². The number of halogens is 1. The van der Waals surface area contributed by atoms with Crippen LogP contribution in [0.3, 0.4) is 0 Å². The molecule has 0 saturated carbocycles. The van der Waals surface area contributed by atoms with E-state index in [0.29, 0.717) is 0 Å². The van der Waals surface area contributed by atoms with E-state index >= 15 is 0 Å². The maximum atomic E-state index is 6.88. The highest BCUT2D eigenvalue weighted by Gasteiger charge is 2.36. The third-order valence-electron chi connectivity index (χ3n) is 6.04. The topological polar surface area (TPSA) is 15.7 Å². The number of nitrogens with zero attached hydrogens (tertiary/aromatic N) is 2. The number of allylic oxidation sites excluding steroid dienone is 2. The van der Waals surface area contributed by atoms with Crippen molar-refractivity contribution < 1.29 is 4.74 Å². The van der Waals surface area contributed by atoms with E-state index in [1.165, 1.54) is 36.2 Å². The summed E-state index contributed by atoms with van der Waals surface area (Å²) >= 11 is 6.88. The van der Waals surface area contributed by atoms with Crippen LogP contribution in [-0.2, 0) is 0 Å². The molecule has 1 heterocycles. The molecule has 1 aliphatic heterocycles. The number of unbranched alkanes of at least 4 members (excludes halogenated alkanes) is 1. The van der Waals surface area contributed by atoms with Crippen LogP contribution in [0.15, 0.2) is 24.3 Å². The van der Waals surface area contributed by atoms with Gasteiger partial charge >= 0.3 is 0 Å². The van der Waals surface area contributed by atoms with Crippen molar-refractivity contribution in [3.05, 3.63) is 29.8 Å². The minimum Gasteiger partial charge on any atom is -0.497 e. The number of hydrogen-bond donors (Lipinski definition) is 0. The van der Waals surface area contributed by atoms with E-state index < -0.39 is 0 Å². The second-order valence-electron chi connectivity index (χ2n) is 9.49. The van der Waals surface area contributed by atoms with Crippen molar-refractivity contribution in [1.82, 2.24) is 4.90 Å². The summed E-state index contributed by atoms with van der Waals surface area (Å²) in [5.41, 5.74) is 4.10. The van der Waals surface area contributed by atoms with Gasteiger partial charge in [0.2, 0.25) is 0 Å². The van der Waals surface area contributed by atoms with Gasteiger partial charge in [0, 0.05) is 48.4 Å². The van der Waals surface area contributed by atoms with E-state index in [2.05, 4.69) is 61.8 Å². The van der Waals surface area contributed by atoms with Crippen molar-refractivity contribution in [2.45, 2.75) is 58.3 Å². The molecule has 156 valence electrons. The Morgan fingerprint density at radius 3 is 2.43 bits per heavy atom. The van der Waals surface area contributed by atoms with Gasteiger partial charge in [-0.3, -0.25) is 4.90 Å². The first-order valence-corrected chi connectivity index (χ1v) is 11.2. The summed E-state index contributed by atoms with van der Waals surface area (Å²) in [5, 5.41) is 0. The third-order valence-corrected chi connectivity index (χ3v) is 6.31. The van der Waals surface area contributed by atoms with Crippen molar-refractivity contribution in [3.8, 4) is 5.75 Å². The lowest BCUT2D eigenvalue weighted by Gasteiger charge is -2.40. The molecule has 0 aromatic heterocycles. The first-order valence-electron chi connectivity index (χ1n) is 10.8. The molecule has 1 saturated heterocycles. The van der Waals surface area contributed by atoms with Crippen LogP contribution in [0.5, 0.6) is 5.75 Å². The number of hydrogen-bond acceptors (Lipinski definition) is 3. The molecule has 3 rings (SSSR count). The highest BCUT2D eigenvalue weighted by Crippen LogP contribution is 2.48. The Bertz CT molecular complexity index is 703. The molecule has 4 heteroatoms. The lowest BCUT2D eigenvalue weighted by atomic mass is 9.72. The predicted molar refractivity (Wildman–Crippen MR) is 122 cm³/mol. The molecule has 28 heavy (non-hydrogen) atoms. The van der Waals surface area contributed by atoms with Gasteiger partial charge in [-0.1, -0.05) is 33.3 Å². The molecule has 2 aliphatic rings. The van der Waals surface area contributed by atoms with Gasteiger partial charge in [-0.25, -0.2) is 0 Å². The van der Waals surface area contributed by atoms with E-state index in [1.54, 1.807) is 7.11 Å². The Morgan fingerprint density at radius 1 is 1.11 bits per heavy atom. The molecule has 0 amide bonds. The van der Waals surface area contributed by atoms with Crippen molar-refractivity contribution >= 4 is 22.9 Å². The average molecular weight is 405 g/mol. The lowest BCUT2D eigenvalue weighted by Crippen LogP contribution is -2.47. The second-order valence-corrected chi connectivity index (χ2v) is 10.4. The van der Waals surface area contributed by atoms with Crippen molar-refractivity contribution in [2.24, 2.45) is 5.41 Å². The maximum absolute atomic E-state index is 6.88. The summed E-state index contributed by atoms with van der Waals surface area (Å²) in [6.07, 6.45) is 6.92. The number of anilines is 1. The quantitative estimate of drug-likeness (QED) is 0.555. The van der Waals surface area contributed by atoms with E-state index in [4.69, 9.17) is 16.3 Å². The average Bonchev–Trinajstić information content (AvgIpc) is 2.64. The number of methoxy groups -OCH3 is 1. The summed E-state index contributed by atoms with van der Waals surface area (Å²) in [7, 11) is 1.75. The standard InChI is InChI=1S/C24H37ClN2O/c1-6-7-10-26-11-13-27(14-12-26)22-15-20(28-5)8-9-21(22)19-16-23(2,3)18-24(4,25)17-19/h8-9,15-16H,6-7,10-14,17-18H2,1-5H3. The Balaban J connectivity index is 1.88. The molecule has 1 aromatic carbocycles. The van der Waals surface area contributed by atoms with Crippen LogP contribution >= 0.6 is 11.6 Å². The van der Waals surface area contributed by atoms with Gasteiger partial charge in [0.05, 0.1) is 7.11 Å². The first-order chi connectivity index (χ1) is 13.2. The molecule has 0 spiro atoms. The zero-order chi connectivity index (χ0) is 20.4. The minimum absolute atomic E-state index is 0.111. The monoisotopic (exact) mass is 404 g/mol. The van der Waals surface area contributed by atoms with Crippen molar-refractivity contribution in [1.29, 1.82) is 0 Å². The number of ether oxygens (including phenoxy) is 1. The molecule has 1 aromatic rings. The lowest BCUT2D eigenvalue weighted by molar-refractivity contribution is 0.254. The molecule has 1 fully saturated rings. The Kier molecular flexibility index (Phi) is 6.66. The van der Waals surface area contributed by atoms with Gasteiger partial charge in [0.1, 0.15) is 5.75 Å². The Labute approximate surface area is 176 Å². The number of rotatable bonds is 6. The fourth-order valence-corrected chi connectivity index (χ4v) is 5.41. The molecule has 0 N–H and O–H groups in total. The van der Waals surface area contributed by atoms with E-state index in [9.17, 15) is 0 Å². The van der Waals surface area contributed by atoms with Crippen LogP contribution in [0.25, 0.3) is 5.57 Å². The predicted octanol–water partition coefficient (Wildman–Crippen LogP) is 5.82. The van der Waals surface area contributed by atoms with Gasteiger partial charge in [-0.05, 0) is 55.9 Å². The van der Waals surface area contributed by atoms with Crippen molar-refractivity contribution in [2.75, 3.05) is 44.7 Å². The highest BCUT2D eigenvalue weighted by molar-refractivity contribution is 6.24. The van der Waals surface area contributed by atoms with Crippen LogP contribution in [0.1, 0.15) is 58.9 Å². The van der Waals surface area contributed by atoms with Gasteiger partial charge < -0.3 is 9.64 Å². The molecule has 1 atom stereocenters. The fraction of sp³-hybridized carbons (Fsp3) is 0.667. The number of benzene rings is 1. The third kappa shape index (κ3) is 5.24. The van der Waals surface area contributed by atoms with Crippen LogP contribution in [0, 0.1) is 5.41 Å². The Morgan fingerprint density at radius 2 is 1.82 bits per heavy atom. The molecule has 1 aliphatic carbocycles. The zero-order valence-electron chi connectivity index (χ0n) is 18.4. The second kappa shape index (κ2) is 8.67. The molecule has 1 unspecified atom stereocenters. The fourth-order valence-electron chi connectivity index (χ4n) is 4.92. The molecule has 0 radical (unpaired) electrons. The molecular weight excluding hydrogens is 368 g/mol. The summed E-state index contributed by atoms with van der Waals surface area (Å²) in [4.78, 5) is 4.94. The smallest absolute Gasteiger partial charge is 0.120 e. The van der Waals surface area contributed by atoms with Crippen LogP contribution in [0.2, 0.25) is 0 Å². The van der Waals surface area contributed by atoms with E-state index in [1.807, 2.05) is 0 Å². The highest BCUT2D eigenvalue weighted by atomic mass is 35.5. The van der Waals surface area contributed by atoms with E-state index in [-0.39, 0.29) is 10.3 Å². The summed E-state index contributed by atoms with van der Waals surface area (Å²) < 4.78 is 5.56. The largest absolute Gasteiger partial charge is 0.497 e. The Hall–Kier alpha value is -1.19. The normalized spacial score (nSPS) is 25.5. The van der Waals surface area contributed by atoms with E-state index in [0.717, 1.165) is 44.8 Å². The van der Waals surface area contributed by atoms with Crippen LogP contribution in [0.4, 0.5) is 5.69 Å². The number of piperazine rings is 1.